The van der Waals surface area contributed by atoms with Crippen LogP contribution in [0, 0.1) is 23.7 Å². The van der Waals surface area contributed by atoms with E-state index in [1.165, 1.54) is 6.21 Å². The van der Waals surface area contributed by atoms with E-state index in [1.807, 2.05) is 12.2 Å². The zero-order chi connectivity index (χ0) is 21.6. The molecule has 158 valence electrons. The van der Waals surface area contributed by atoms with Gasteiger partial charge in [0, 0.05) is 10.0 Å². The maximum Gasteiger partial charge on any atom is 0.255 e. The van der Waals surface area contributed by atoms with Gasteiger partial charge >= 0.3 is 0 Å². The SMILES string of the molecule is CCOc1cc(C=NN2C(=O)[C@@H]3[C@H](C2=O)[C@H]2C=C[C@H]3C2)c(Br)c(Cl)c1OCC(N)=O. The average Bonchev–Trinajstić information content (AvgIpc) is 3.38. The molecule has 0 radical (unpaired) electrons. The standard InChI is InChI=1S/C20H19BrClN3O5/c1-2-29-12-6-11(16(21)17(22)18(12)30-8-13(23)26)7-24-25-19(27)14-9-3-4-10(5-9)15(14)20(25)28/h3-4,6-7,9-10,14-15H,2,5,8H2,1H3,(H2,23,26)/t9-,10-,14-,15+/m0/s1. The number of halogens is 2. The number of hydrogen-bond donors (Lipinski definition) is 1. The van der Waals surface area contributed by atoms with E-state index in [0.29, 0.717) is 16.6 Å². The third kappa shape index (κ3) is 3.39. The molecule has 10 heteroatoms. The average molecular weight is 497 g/mol. The van der Waals surface area contributed by atoms with Crippen LogP contribution < -0.4 is 15.2 Å². The van der Waals surface area contributed by atoms with Crippen LogP contribution >= 0.6 is 27.5 Å². The lowest BCUT2D eigenvalue weighted by Crippen LogP contribution is -2.28. The summed E-state index contributed by atoms with van der Waals surface area (Å²) in [4.78, 5) is 36.6. The Morgan fingerprint density at radius 2 is 1.93 bits per heavy atom. The summed E-state index contributed by atoms with van der Waals surface area (Å²) in [6.07, 6.45) is 6.29. The molecular weight excluding hydrogens is 478 g/mol. The molecule has 30 heavy (non-hydrogen) atoms. The highest BCUT2D eigenvalue weighted by Crippen LogP contribution is 2.52. The van der Waals surface area contributed by atoms with Crippen LogP contribution in [0.25, 0.3) is 0 Å². The molecule has 0 aromatic heterocycles. The summed E-state index contributed by atoms with van der Waals surface area (Å²) in [5.41, 5.74) is 5.61. The van der Waals surface area contributed by atoms with Crippen molar-refractivity contribution < 1.29 is 23.9 Å². The van der Waals surface area contributed by atoms with Crippen molar-refractivity contribution in [3.63, 3.8) is 0 Å². The fourth-order valence-corrected chi connectivity index (χ4v) is 5.01. The minimum absolute atomic E-state index is 0.115. The number of nitrogens with two attached hydrogens (primary N) is 1. The van der Waals surface area contributed by atoms with Gasteiger partial charge < -0.3 is 15.2 Å². The maximum atomic E-state index is 12.8. The molecule has 1 saturated heterocycles. The Labute approximate surface area is 186 Å². The summed E-state index contributed by atoms with van der Waals surface area (Å²) in [5.74, 6) is -1.17. The second-order valence-electron chi connectivity index (χ2n) is 7.34. The Morgan fingerprint density at radius 1 is 1.30 bits per heavy atom. The van der Waals surface area contributed by atoms with E-state index in [1.54, 1.807) is 13.0 Å². The third-order valence-corrected chi connectivity index (χ3v) is 7.02. The first-order valence-electron chi connectivity index (χ1n) is 9.49. The minimum Gasteiger partial charge on any atom is -0.490 e. The zero-order valence-electron chi connectivity index (χ0n) is 16.0. The Morgan fingerprint density at radius 3 is 2.50 bits per heavy atom. The quantitative estimate of drug-likeness (QED) is 0.354. The molecule has 3 amide bonds. The first-order valence-corrected chi connectivity index (χ1v) is 10.7. The van der Waals surface area contributed by atoms with E-state index >= 15 is 0 Å². The second-order valence-corrected chi connectivity index (χ2v) is 8.51. The predicted molar refractivity (Wildman–Crippen MR) is 112 cm³/mol. The summed E-state index contributed by atoms with van der Waals surface area (Å²) in [6, 6.07) is 1.59. The number of rotatable bonds is 7. The maximum absolute atomic E-state index is 12.8. The van der Waals surface area contributed by atoms with E-state index in [2.05, 4.69) is 21.0 Å². The summed E-state index contributed by atoms with van der Waals surface area (Å²) in [5, 5.41) is 5.28. The van der Waals surface area contributed by atoms with Crippen LogP contribution in [0.4, 0.5) is 0 Å². The highest BCUT2D eigenvalue weighted by Gasteiger charge is 2.59. The van der Waals surface area contributed by atoms with Crippen LogP contribution in [0.2, 0.25) is 5.02 Å². The minimum atomic E-state index is -0.657. The van der Waals surface area contributed by atoms with Gasteiger partial charge in [0.15, 0.2) is 18.1 Å². The Bertz CT molecular complexity index is 965. The molecule has 0 unspecified atom stereocenters. The van der Waals surface area contributed by atoms with Crippen LogP contribution in [0.3, 0.4) is 0 Å². The molecule has 2 N–H and O–H groups in total. The lowest BCUT2D eigenvalue weighted by Gasteiger charge is -2.16. The van der Waals surface area contributed by atoms with Gasteiger partial charge in [-0.15, -0.1) is 0 Å². The smallest absolute Gasteiger partial charge is 0.255 e. The molecule has 1 aromatic rings. The van der Waals surface area contributed by atoms with Crippen molar-refractivity contribution >= 4 is 51.5 Å². The molecule has 1 aliphatic heterocycles. The van der Waals surface area contributed by atoms with Crippen molar-refractivity contribution in [2.75, 3.05) is 13.2 Å². The van der Waals surface area contributed by atoms with Crippen LogP contribution in [-0.2, 0) is 14.4 Å². The molecule has 1 heterocycles. The Kier molecular flexibility index (Phi) is 5.59. The number of nitrogens with zero attached hydrogens (tertiary/aromatic N) is 2. The summed E-state index contributed by atoms with van der Waals surface area (Å²) in [6.45, 7) is 1.74. The number of amides is 3. The summed E-state index contributed by atoms with van der Waals surface area (Å²) < 4.78 is 11.3. The number of carbonyl (C=O) groups is 3. The number of allylic oxidation sites excluding steroid dienone is 2. The highest BCUT2D eigenvalue weighted by atomic mass is 79.9. The van der Waals surface area contributed by atoms with E-state index in [9.17, 15) is 14.4 Å². The first kappa shape index (κ1) is 20.9. The highest BCUT2D eigenvalue weighted by molar-refractivity contribution is 9.10. The molecule has 8 nitrogen and oxygen atoms in total. The van der Waals surface area contributed by atoms with Crippen LogP contribution in [0.15, 0.2) is 27.8 Å². The Balaban J connectivity index is 1.61. The van der Waals surface area contributed by atoms with Gasteiger partial charge in [-0.1, -0.05) is 23.8 Å². The number of primary amides is 1. The number of benzene rings is 1. The zero-order valence-corrected chi connectivity index (χ0v) is 18.4. The van der Waals surface area contributed by atoms with Crippen molar-refractivity contribution in [2.24, 2.45) is 34.5 Å². The molecule has 0 spiro atoms. The van der Waals surface area contributed by atoms with Gasteiger partial charge in [-0.3, -0.25) is 14.4 Å². The molecule has 4 rings (SSSR count). The third-order valence-electron chi connectivity index (χ3n) is 5.57. The molecular formula is C20H19BrClN3O5. The number of imide groups is 1. The monoisotopic (exact) mass is 495 g/mol. The van der Waals surface area contributed by atoms with E-state index in [4.69, 9.17) is 26.8 Å². The van der Waals surface area contributed by atoms with Gasteiger partial charge in [0.05, 0.1) is 24.7 Å². The van der Waals surface area contributed by atoms with Crippen molar-refractivity contribution in [2.45, 2.75) is 13.3 Å². The van der Waals surface area contributed by atoms with Crippen molar-refractivity contribution in [3.8, 4) is 11.5 Å². The fourth-order valence-electron chi connectivity index (χ4n) is 4.36. The summed E-state index contributed by atoms with van der Waals surface area (Å²) >= 11 is 9.75. The normalized spacial score (nSPS) is 26.7. The second kappa shape index (κ2) is 8.03. The van der Waals surface area contributed by atoms with Gasteiger partial charge in [0.1, 0.15) is 5.02 Å². The van der Waals surface area contributed by atoms with Gasteiger partial charge in [0.25, 0.3) is 17.7 Å². The summed E-state index contributed by atoms with van der Waals surface area (Å²) in [7, 11) is 0. The van der Waals surface area contributed by atoms with Crippen molar-refractivity contribution in [1.82, 2.24) is 5.01 Å². The molecule has 4 atom stereocenters. The molecule has 2 bridgehead atoms. The number of fused-ring (bicyclic) bond motifs is 5. The fraction of sp³-hybridized carbons (Fsp3) is 0.400. The van der Waals surface area contributed by atoms with E-state index < -0.39 is 5.91 Å². The van der Waals surface area contributed by atoms with E-state index in [-0.39, 0.29) is 58.6 Å². The predicted octanol–water partition coefficient (Wildman–Crippen LogP) is 2.51. The molecule has 2 aliphatic carbocycles. The molecule has 1 saturated carbocycles. The number of ether oxygens (including phenoxy) is 2. The number of hydrazone groups is 1. The van der Waals surface area contributed by atoms with E-state index in [0.717, 1.165) is 11.4 Å². The van der Waals surface area contributed by atoms with Crippen molar-refractivity contribution in [1.29, 1.82) is 0 Å². The van der Waals surface area contributed by atoms with Crippen LogP contribution in [0.5, 0.6) is 11.5 Å². The molecule has 3 aliphatic rings. The van der Waals surface area contributed by atoms with Gasteiger partial charge in [-0.2, -0.15) is 10.1 Å². The Hall–Kier alpha value is -2.39. The largest absolute Gasteiger partial charge is 0.490 e. The lowest BCUT2D eigenvalue weighted by molar-refractivity contribution is -0.140. The number of hydrogen-bond acceptors (Lipinski definition) is 6. The van der Waals surface area contributed by atoms with Crippen LogP contribution in [0.1, 0.15) is 18.9 Å². The van der Waals surface area contributed by atoms with Crippen molar-refractivity contribution in [3.05, 3.63) is 33.3 Å². The first-order chi connectivity index (χ1) is 14.3. The topological polar surface area (TPSA) is 111 Å². The van der Waals surface area contributed by atoms with Gasteiger partial charge in [0.2, 0.25) is 0 Å². The number of carbonyl (C=O) groups excluding carboxylic acids is 3. The molecule has 1 aromatic carbocycles. The molecule has 2 fully saturated rings. The van der Waals surface area contributed by atoms with Gasteiger partial charge in [-0.25, -0.2) is 0 Å². The lowest BCUT2D eigenvalue weighted by atomic mass is 9.85. The van der Waals surface area contributed by atoms with Gasteiger partial charge in [-0.05, 0) is 47.2 Å². The van der Waals surface area contributed by atoms with Crippen LogP contribution in [-0.4, -0.2) is 42.2 Å².